The van der Waals surface area contributed by atoms with Crippen LogP contribution in [0.15, 0.2) is 53.2 Å². The number of aromatic amines is 1. The molecule has 0 spiro atoms. The third-order valence-electron chi connectivity index (χ3n) is 5.43. The molecule has 0 aliphatic carbocycles. The van der Waals surface area contributed by atoms with Crippen molar-refractivity contribution < 1.29 is 18.8 Å². The minimum atomic E-state index is -0.170. The van der Waals surface area contributed by atoms with Crippen molar-refractivity contribution in [2.45, 2.75) is 12.3 Å². The second kappa shape index (κ2) is 7.22. The molecule has 152 valence electrons. The molecule has 5 rings (SSSR count). The third-order valence-corrected chi connectivity index (χ3v) is 5.43. The monoisotopic (exact) mass is 404 g/mol. The molecule has 2 aromatic heterocycles. The number of hydrogen-bond acceptors (Lipinski definition) is 6. The Balaban J connectivity index is 1.44. The van der Waals surface area contributed by atoms with E-state index in [0.29, 0.717) is 41.9 Å². The van der Waals surface area contributed by atoms with E-state index in [1.54, 1.807) is 37.3 Å². The van der Waals surface area contributed by atoms with Crippen LogP contribution in [0.25, 0.3) is 22.4 Å². The van der Waals surface area contributed by atoms with Crippen molar-refractivity contribution >= 4 is 22.5 Å². The molecule has 0 saturated carbocycles. The van der Waals surface area contributed by atoms with Gasteiger partial charge in [-0.2, -0.15) is 4.98 Å². The van der Waals surface area contributed by atoms with E-state index in [0.717, 1.165) is 16.5 Å². The summed E-state index contributed by atoms with van der Waals surface area (Å²) in [7, 11) is 3.17. The molecule has 1 N–H and O–H groups in total. The number of carbonyl (C=O) groups is 1. The van der Waals surface area contributed by atoms with Gasteiger partial charge in [-0.15, -0.1) is 0 Å². The fraction of sp³-hybridized carbons (Fsp3) is 0.227. The van der Waals surface area contributed by atoms with Crippen LogP contribution in [0, 0.1) is 0 Å². The van der Waals surface area contributed by atoms with Crippen molar-refractivity contribution in [1.29, 1.82) is 0 Å². The van der Waals surface area contributed by atoms with Crippen LogP contribution in [-0.4, -0.2) is 41.8 Å². The lowest BCUT2D eigenvalue weighted by atomic mass is 10.1. The first-order valence-corrected chi connectivity index (χ1v) is 9.60. The Kier molecular flexibility index (Phi) is 4.39. The van der Waals surface area contributed by atoms with Crippen molar-refractivity contribution in [2.75, 3.05) is 25.7 Å². The van der Waals surface area contributed by atoms with E-state index in [1.807, 2.05) is 30.5 Å². The van der Waals surface area contributed by atoms with Gasteiger partial charge in [-0.1, -0.05) is 11.2 Å². The van der Waals surface area contributed by atoms with Gasteiger partial charge in [0.2, 0.25) is 5.91 Å². The van der Waals surface area contributed by atoms with Crippen LogP contribution in [-0.2, 0) is 4.79 Å². The van der Waals surface area contributed by atoms with Gasteiger partial charge in [-0.05, 0) is 30.3 Å². The maximum Gasteiger partial charge on any atom is 0.258 e. The largest absolute Gasteiger partial charge is 0.497 e. The Morgan fingerprint density at radius 2 is 2.07 bits per heavy atom. The second-order valence-corrected chi connectivity index (χ2v) is 7.15. The molecule has 0 radical (unpaired) electrons. The number of rotatable bonds is 5. The van der Waals surface area contributed by atoms with Gasteiger partial charge < -0.3 is 23.9 Å². The zero-order valence-corrected chi connectivity index (χ0v) is 16.6. The van der Waals surface area contributed by atoms with Gasteiger partial charge in [-0.3, -0.25) is 4.79 Å². The summed E-state index contributed by atoms with van der Waals surface area (Å²) in [6.07, 6.45) is 2.17. The zero-order chi connectivity index (χ0) is 20.7. The summed E-state index contributed by atoms with van der Waals surface area (Å²) in [5.41, 5.74) is 2.54. The first-order valence-electron chi connectivity index (χ1n) is 9.60. The molecule has 1 amide bonds. The topological polar surface area (TPSA) is 93.5 Å². The molecule has 8 heteroatoms. The summed E-state index contributed by atoms with van der Waals surface area (Å²) < 4.78 is 16.3. The number of hydrogen-bond donors (Lipinski definition) is 1. The van der Waals surface area contributed by atoms with E-state index >= 15 is 0 Å². The van der Waals surface area contributed by atoms with Gasteiger partial charge in [-0.25, -0.2) is 0 Å². The van der Waals surface area contributed by atoms with Crippen LogP contribution in [0.4, 0.5) is 5.69 Å². The smallest absolute Gasteiger partial charge is 0.258 e. The minimum absolute atomic E-state index is 0.0226. The standard InChI is InChI=1S/C22H20N4O4/c1-28-14-6-7-19(29-2)18(11-14)26-12-13(10-20(26)27)21-24-22(30-25-21)16-4-3-5-17-15(16)8-9-23-17/h3-9,11,13,23H,10,12H2,1-2H3. The average Bonchev–Trinajstić information content (AvgIpc) is 3.52. The molecule has 1 aliphatic rings. The Hall–Kier alpha value is -3.81. The Labute approximate surface area is 172 Å². The van der Waals surface area contributed by atoms with Crippen LogP contribution in [0.2, 0.25) is 0 Å². The number of fused-ring (bicyclic) bond motifs is 1. The molecule has 1 fully saturated rings. The van der Waals surface area contributed by atoms with Crippen molar-refractivity contribution in [3.8, 4) is 23.0 Å². The van der Waals surface area contributed by atoms with Crippen LogP contribution in [0.5, 0.6) is 11.5 Å². The van der Waals surface area contributed by atoms with Crippen molar-refractivity contribution in [1.82, 2.24) is 15.1 Å². The molecule has 8 nitrogen and oxygen atoms in total. The Morgan fingerprint density at radius 3 is 2.90 bits per heavy atom. The highest BCUT2D eigenvalue weighted by atomic mass is 16.5. The molecule has 1 atom stereocenters. The maximum atomic E-state index is 12.8. The predicted molar refractivity (Wildman–Crippen MR) is 111 cm³/mol. The lowest BCUT2D eigenvalue weighted by molar-refractivity contribution is -0.117. The van der Waals surface area contributed by atoms with Crippen LogP contribution >= 0.6 is 0 Å². The summed E-state index contributed by atoms with van der Waals surface area (Å²) in [5, 5.41) is 5.19. The number of H-pyrrole nitrogens is 1. The minimum Gasteiger partial charge on any atom is -0.497 e. The SMILES string of the molecule is COc1ccc(OC)c(N2CC(c3noc(-c4cccc5[nH]ccc45)n3)CC2=O)c1. The van der Waals surface area contributed by atoms with Crippen molar-refractivity contribution in [2.24, 2.45) is 0 Å². The number of nitrogens with zero attached hydrogens (tertiary/aromatic N) is 3. The number of methoxy groups -OCH3 is 2. The quantitative estimate of drug-likeness (QED) is 0.544. The van der Waals surface area contributed by atoms with E-state index in [1.165, 1.54) is 0 Å². The van der Waals surface area contributed by atoms with Gasteiger partial charge >= 0.3 is 0 Å². The lowest BCUT2D eigenvalue weighted by Gasteiger charge is -2.20. The lowest BCUT2D eigenvalue weighted by Crippen LogP contribution is -2.25. The number of aromatic nitrogens is 3. The van der Waals surface area contributed by atoms with Crippen molar-refractivity contribution in [3.05, 3.63) is 54.5 Å². The first-order chi connectivity index (χ1) is 14.7. The molecular weight excluding hydrogens is 384 g/mol. The fourth-order valence-corrected chi connectivity index (χ4v) is 3.90. The molecule has 1 aliphatic heterocycles. The van der Waals surface area contributed by atoms with E-state index in [9.17, 15) is 4.79 Å². The zero-order valence-electron chi connectivity index (χ0n) is 16.6. The van der Waals surface area contributed by atoms with Gasteiger partial charge in [0, 0.05) is 47.6 Å². The molecule has 4 aromatic rings. The highest BCUT2D eigenvalue weighted by Gasteiger charge is 2.36. The molecule has 30 heavy (non-hydrogen) atoms. The summed E-state index contributed by atoms with van der Waals surface area (Å²) in [6, 6.07) is 13.2. The first kappa shape index (κ1) is 18.2. The molecular formula is C22H20N4O4. The highest BCUT2D eigenvalue weighted by Crippen LogP contribution is 2.38. The van der Waals surface area contributed by atoms with Gasteiger partial charge in [0.1, 0.15) is 11.5 Å². The maximum absolute atomic E-state index is 12.8. The van der Waals surface area contributed by atoms with Crippen molar-refractivity contribution in [3.63, 3.8) is 0 Å². The van der Waals surface area contributed by atoms with Gasteiger partial charge in [0.05, 0.1) is 19.9 Å². The summed E-state index contributed by atoms with van der Waals surface area (Å²) in [5.74, 6) is 2.04. The van der Waals surface area contributed by atoms with Crippen LogP contribution in [0.3, 0.4) is 0 Å². The van der Waals surface area contributed by atoms with E-state index < -0.39 is 0 Å². The van der Waals surface area contributed by atoms with Crippen LogP contribution < -0.4 is 14.4 Å². The average molecular weight is 404 g/mol. The number of benzene rings is 2. The van der Waals surface area contributed by atoms with Crippen LogP contribution in [0.1, 0.15) is 18.2 Å². The number of anilines is 1. The number of ether oxygens (including phenoxy) is 2. The Morgan fingerprint density at radius 1 is 1.17 bits per heavy atom. The number of carbonyl (C=O) groups excluding carboxylic acids is 1. The van der Waals surface area contributed by atoms with E-state index in [4.69, 9.17) is 14.0 Å². The molecule has 3 heterocycles. The second-order valence-electron chi connectivity index (χ2n) is 7.15. The van der Waals surface area contributed by atoms with E-state index in [2.05, 4.69) is 15.1 Å². The molecule has 0 bridgehead atoms. The van der Waals surface area contributed by atoms with Gasteiger partial charge in [0.25, 0.3) is 5.89 Å². The predicted octanol–water partition coefficient (Wildman–Crippen LogP) is 3.76. The Bertz CT molecular complexity index is 1230. The summed E-state index contributed by atoms with van der Waals surface area (Å²) in [6.45, 7) is 0.440. The number of nitrogens with one attached hydrogen (secondary N) is 1. The summed E-state index contributed by atoms with van der Waals surface area (Å²) >= 11 is 0. The van der Waals surface area contributed by atoms with Gasteiger partial charge in [0.15, 0.2) is 5.82 Å². The fourth-order valence-electron chi connectivity index (χ4n) is 3.90. The molecule has 1 unspecified atom stereocenters. The number of amides is 1. The van der Waals surface area contributed by atoms with E-state index in [-0.39, 0.29) is 11.8 Å². The molecule has 1 saturated heterocycles. The highest BCUT2D eigenvalue weighted by molar-refractivity contribution is 5.98. The summed E-state index contributed by atoms with van der Waals surface area (Å²) in [4.78, 5) is 22.3. The molecule has 2 aromatic carbocycles. The third kappa shape index (κ3) is 2.97. The normalized spacial score (nSPS) is 16.4.